The van der Waals surface area contributed by atoms with E-state index in [1.54, 1.807) is 0 Å². The van der Waals surface area contributed by atoms with Gasteiger partial charge in [0.2, 0.25) is 0 Å². The Labute approximate surface area is 149 Å². The molecule has 3 aliphatic rings. The summed E-state index contributed by atoms with van der Waals surface area (Å²) in [6.07, 6.45) is 5.74. The van der Waals surface area contributed by atoms with Gasteiger partial charge in [0.25, 0.3) is 0 Å². The van der Waals surface area contributed by atoms with Crippen LogP contribution in [0.4, 0.5) is 10.1 Å². The van der Waals surface area contributed by atoms with Crippen molar-refractivity contribution in [1.29, 1.82) is 0 Å². The van der Waals surface area contributed by atoms with Gasteiger partial charge in [-0.25, -0.2) is 4.39 Å². The smallest absolute Gasteiger partial charge is 0.140 e. The molecule has 0 radical (unpaired) electrons. The zero-order chi connectivity index (χ0) is 15.8. The van der Waals surface area contributed by atoms with E-state index in [0.717, 1.165) is 51.1 Å². The van der Waals surface area contributed by atoms with Crippen LogP contribution < -0.4 is 4.90 Å². The van der Waals surface area contributed by atoms with E-state index in [9.17, 15) is 9.18 Å². The number of halogens is 2. The summed E-state index contributed by atoms with van der Waals surface area (Å²) in [7, 11) is 0. The maximum atomic E-state index is 13.1. The number of Topliss-reactive ketones (excluding diaryl/α,β-unsaturated/α-hetero) is 1. The fraction of sp³-hybridized carbons (Fsp3) is 0.632. The van der Waals surface area contributed by atoms with Gasteiger partial charge in [-0.05, 0) is 49.9 Å². The van der Waals surface area contributed by atoms with E-state index in [0.29, 0.717) is 23.7 Å². The molecular formula is C19H26ClFN2O. The number of benzene rings is 1. The summed E-state index contributed by atoms with van der Waals surface area (Å²) in [6.45, 7) is 3.95. The molecule has 0 amide bonds. The molecule has 5 heteroatoms. The Morgan fingerprint density at radius 3 is 2.33 bits per heavy atom. The van der Waals surface area contributed by atoms with Gasteiger partial charge in [-0.2, -0.15) is 0 Å². The number of nitrogens with zero attached hydrogens (tertiary/aromatic N) is 2. The van der Waals surface area contributed by atoms with Crippen molar-refractivity contribution in [2.75, 3.05) is 31.1 Å². The van der Waals surface area contributed by atoms with Crippen molar-refractivity contribution >= 4 is 23.9 Å². The third-order valence-electron chi connectivity index (χ3n) is 6.09. The minimum absolute atomic E-state index is 0. The molecule has 24 heavy (non-hydrogen) atoms. The predicted molar refractivity (Wildman–Crippen MR) is 96.3 cm³/mol. The monoisotopic (exact) mass is 352 g/mol. The largest absolute Gasteiger partial charge is 0.369 e. The number of piperazine rings is 1. The van der Waals surface area contributed by atoms with Crippen molar-refractivity contribution in [3.05, 3.63) is 30.1 Å². The van der Waals surface area contributed by atoms with Crippen LogP contribution in [0.1, 0.15) is 32.1 Å². The number of rotatable bonds is 2. The first-order valence-corrected chi connectivity index (χ1v) is 9.00. The number of hydrogen-bond donors (Lipinski definition) is 0. The fourth-order valence-corrected chi connectivity index (χ4v) is 4.81. The summed E-state index contributed by atoms with van der Waals surface area (Å²) in [5.74, 6) is 1.03. The molecule has 0 spiro atoms. The standard InChI is InChI=1S/C19H25FN2O.ClH/c20-15-5-7-16(8-6-15)21-10-12-22(13-11-21)18-9-4-14-2-1-3-17(18)19(14)23;/h5-8,14,17-18H,1-4,9-13H2;1H. The van der Waals surface area contributed by atoms with Gasteiger partial charge in [0.15, 0.2) is 0 Å². The van der Waals surface area contributed by atoms with E-state index >= 15 is 0 Å². The number of carbonyl (C=O) groups is 1. The lowest BCUT2D eigenvalue weighted by Gasteiger charge is -2.47. The second-order valence-electron chi connectivity index (χ2n) is 7.28. The molecule has 2 aliphatic carbocycles. The number of anilines is 1. The molecule has 0 aromatic heterocycles. The van der Waals surface area contributed by atoms with E-state index in [1.807, 2.05) is 12.1 Å². The highest BCUT2D eigenvalue weighted by molar-refractivity contribution is 5.85. The SMILES string of the molecule is Cl.O=C1C2CCCC1C(N1CCN(c3ccc(F)cc3)CC1)CC2. The van der Waals surface area contributed by atoms with Gasteiger partial charge in [0, 0.05) is 49.7 Å². The zero-order valence-electron chi connectivity index (χ0n) is 14.0. The zero-order valence-corrected chi connectivity index (χ0v) is 14.8. The van der Waals surface area contributed by atoms with Gasteiger partial charge in [0.05, 0.1) is 0 Å². The second-order valence-corrected chi connectivity index (χ2v) is 7.28. The van der Waals surface area contributed by atoms with Crippen LogP contribution >= 0.6 is 12.4 Å². The third-order valence-corrected chi connectivity index (χ3v) is 6.09. The molecule has 3 nitrogen and oxygen atoms in total. The molecule has 3 atom stereocenters. The van der Waals surface area contributed by atoms with Crippen LogP contribution in [0.5, 0.6) is 0 Å². The van der Waals surface area contributed by atoms with Crippen molar-refractivity contribution in [3.8, 4) is 0 Å². The molecular weight excluding hydrogens is 327 g/mol. The van der Waals surface area contributed by atoms with Gasteiger partial charge in [0.1, 0.15) is 11.6 Å². The molecule has 0 N–H and O–H groups in total. The van der Waals surface area contributed by atoms with E-state index in [2.05, 4.69) is 9.80 Å². The Hall–Kier alpha value is -1.13. The van der Waals surface area contributed by atoms with Crippen molar-refractivity contribution in [3.63, 3.8) is 0 Å². The van der Waals surface area contributed by atoms with E-state index in [1.165, 1.54) is 25.0 Å². The minimum Gasteiger partial charge on any atom is -0.369 e. The average molecular weight is 353 g/mol. The van der Waals surface area contributed by atoms with Crippen LogP contribution in [0.25, 0.3) is 0 Å². The first kappa shape index (κ1) is 17.7. The highest BCUT2D eigenvalue weighted by Crippen LogP contribution is 2.39. The summed E-state index contributed by atoms with van der Waals surface area (Å²) < 4.78 is 13.1. The molecule has 2 saturated carbocycles. The molecule has 1 saturated heterocycles. The molecule has 1 aromatic carbocycles. The topological polar surface area (TPSA) is 23.6 Å². The van der Waals surface area contributed by atoms with Crippen LogP contribution in [0.2, 0.25) is 0 Å². The van der Waals surface area contributed by atoms with Crippen LogP contribution in [0, 0.1) is 17.7 Å². The number of ketones is 1. The quantitative estimate of drug-likeness (QED) is 0.813. The van der Waals surface area contributed by atoms with Crippen LogP contribution in [0.3, 0.4) is 0 Å². The Bertz CT molecular complexity index is 571. The summed E-state index contributed by atoms with van der Waals surface area (Å²) in [6, 6.07) is 7.25. The first-order chi connectivity index (χ1) is 11.2. The lowest BCUT2D eigenvalue weighted by Crippen LogP contribution is -2.56. The molecule has 4 rings (SSSR count). The van der Waals surface area contributed by atoms with Gasteiger partial charge in [-0.3, -0.25) is 9.69 Å². The van der Waals surface area contributed by atoms with Gasteiger partial charge in [-0.1, -0.05) is 6.42 Å². The average Bonchev–Trinajstić information content (AvgIpc) is 2.56. The van der Waals surface area contributed by atoms with Crippen molar-refractivity contribution < 1.29 is 9.18 Å². The van der Waals surface area contributed by atoms with Gasteiger partial charge < -0.3 is 4.90 Å². The molecule has 3 unspecified atom stereocenters. The Morgan fingerprint density at radius 1 is 0.917 bits per heavy atom. The highest BCUT2D eigenvalue weighted by atomic mass is 35.5. The highest BCUT2D eigenvalue weighted by Gasteiger charge is 2.43. The third kappa shape index (κ3) is 3.31. The predicted octanol–water partition coefficient (Wildman–Crippen LogP) is 3.52. The summed E-state index contributed by atoms with van der Waals surface area (Å²) >= 11 is 0. The molecule has 3 fully saturated rings. The van der Waals surface area contributed by atoms with E-state index in [4.69, 9.17) is 0 Å². The first-order valence-electron chi connectivity index (χ1n) is 9.00. The fourth-order valence-electron chi connectivity index (χ4n) is 4.81. The number of hydrogen-bond acceptors (Lipinski definition) is 3. The summed E-state index contributed by atoms with van der Waals surface area (Å²) in [4.78, 5) is 17.4. The Balaban J connectivity index is 0.00000169. The molecule has 2 bridgehead atoms. The van der Waals surface area contributed by atoms with Gasteiger partial charge >= 0.3 is 0 Å². The lowest BCUT2D eigenvalue weighted by atomic mass is 9.68. The van der Waals surface area contributed by atoms with Crippen molar-refractivity contribution in [2.45, 2.75) is 38.1 Å². The molecule has 132 valence electrons. The van der Waals surface area contributed by atoms with Crippen LogP contribution in [-0.2, 0) is 4.79 Å². The Kier molecular flexibility index (Phi) is 5.46. The number of fused-ring (bicyclic) bond motifs is 2. The Morgan fingerprint density at radius 2 is 1.62 bits per heavy atom. The van der Waals surface area contributed by atoms with Crippen LogP contribution in [-0.4, -0.2) is 42.9 Å². The molecule has 1 aliphatic heterocycles. The molecule has 1 heterocycles. The van der Waals surface area contributed by atoms with Gasteiger partial charge in [-0.15, -0.1) is 12.4 Å². The maximum Gasteiger partial charge on any atom is 0.140 e. The normalized spacial score (nSPS) is 30.8. The van der Waals surface area contributed by atoms with E-state index < -0.39 is 0 Å². The van der Waals surface area contributed by atoms with Crippen molar-refractivity contribution in [2.24, 2.45) is 11.8 Å². The second kappa shape index (κ2) is 7.40. The maximum absolute atomic E-state index is 13.1. The van der Waals surface area contributed by atoms with Crippen LogP contribution in [0.15, 0.2) is 24.3 Å². The number of carbonyl (C=O) groups excluding carboxylic acids is 1. The summed E-state index contributed by atoms with van der Waals surface area (Å²) in [5, 5.41) is 0. The minimum atomic E-state index is -0.181. The summed E-state index contributed by atoms with van der Waals surface area (Å²) in [5.41, 5.74) is 1.10. The van der Waals surface area contributed by atoms with Crippen molar-refractivity contribution in [1.82, 2.24) is 4.90 Å². The van der Waals surface area contributed by atoms with E-state index in [-0.39, 0.29) is 18.2 Å². The molecule has 1 aromatic rings. The lowest BCUT2D eigenvalue weighted by molar-refractivity contribution is -0.135.